The predicted octanol–water partition coefficient (Wildman–Crippen LogP) is 5.90. The molecular weight excluding hydrogens is 521 g/mol. The van der Waals surface area contributed by atoms with Gasteiger partial charge in [-0.05, 0) is 81.3 Å². The van der Waals surface area contributed by atoms with Gasteiger partial charge in [0.1, 0.15) is 0 Å². The smallest absolute Gasteiger partial charge is 0.475 e. The number of nitrogens with zero attached hydrogens (tertiary/aromatic N) is 3. The van der Waals surface area contributed by atoms with Crippen LogP contribution in [0.25, 0.3) is 0 Å². The van der Waals surface area contributed by atoms with E-state index in [1.807, 2.05) is 17.2 Å². The monoisotopic (exact) mass is 562 g/mol. The molecule has 1 aromatic carbocycles. The molecule has 4 rings (SSSR count). The van der Waals surface area contributed by atoms with Crippen LogP contribution in [0.3, 0.4) is 0 Å². The van der Waals surface area contributed by atoms with Crippen LogP contribution >= 0.6 is 0 Å². The normalized spacial score (nSPS) is 17.0. The Balaban J connectivity index is 0.000000559. The molecule has 2 aromatic rings. The van der Waals surface area contributed by atoms with E-state index in [9.17, 15) is 18.0 Å². The molecule has 0 unspecified atom stereocenters. The van der Waals surface area contributed by atoms with Gasteiger partial charge in [0.05, 0.1) is 0 Å². The Morgan fingerprint density at radius 2 is 1.62 bits per heavy atom. The van der Waals surface area contributed by atoms with Crippen LogP contribution in [-0.2, 0) is 17.8 Å². The van der Waals surface area contributed by atoms with E-state index in [2.05, 4.69) is 51.6 Å². The number of halogens is 3. The van der Waals surface area contributed by atoms with Gasteiger partial charge in [-0.2, -0.15) is 13.2 Å². The van der Waals surface area contributed by atoms with E-state index >= 15 is 0 Å². The van der Waals surface area contributed by atoms with Crippen molar-refractivity contribution in [3.63, 3.8) is 0 Å². The van der Waals surface area contributed by atoms with Gasteiger partial charge in [-0.25, -0.2) is 9.59 Å². The second-order valence-corrected chi connectivity index (χ2v) is 10.7. The van der Waals surface area contributed by atoms with Gasteiger partial charge in [-0.3, -0.25) is 4.98 Å². The number of piperidine rings is 1. The van der Waals surface area contributed by atoms with Crippen LogP contribution in [-0.4, -0.2) is 70.3 Å². The van der Waals surface area contributed by atoms with Crippen molar-refractivity contribution in [2.45, 2.75) is 76.6 Å². The molecule has 2 fully saturated rings. The number of hydrogen-bond acceptors (Lipinski definition) is 4. The van der Waals surface area contributed by atoms with Gasteiger partial charge in [0.15, 0.2) is 0 Å². The van der Waals surface area contributed by atoms with Gasteiger partial charge in [-0.15, -0.1) is 0 Å². The molecule has 1 aliphatic carbocycles. The number of benzene rings is 1. The average molecular weight is 563 g/mol. The molecule has 40 heavy (non-hydrogen) atoms. The SMILES string of the molecule is O=C(NC1CCCCC1)N(CCCN1CCC(Cc2ccccc2)CC1)Cc1cccnc1.O=C(O)C(F)(F)F. The molecule has 0 spiro atoms. The van der Waals surface area contributed by atoms with Crippen molar-refractivity contribution in [2.24, 2.45) is 5.92 Å². The molecule has 0 bridgehead atoms. The summed E-state index contributed by atoms with van der Waals surface area (Å²) in [6.07, 6.45) is 9.34. The van der Waals surface area contributed by atoms with Crippen LogP contribution in [0.2, 0.25) is 0 Å². The lowest BCUT2D eigenvalue weighted by Crippen LogP contribution is -2.46. The van der Waals surface area contributed by atoms with E-state index in [1.165, 1.54) is 57.2 Å². The summed E-state index contributed by atoms with van der Waals surface area (Å²) in [5.74, 6) is -1.96. The molecular formula is C30H41F3N4O3. The predicted molar refractivity (Wildman–Crippen MR) is 148 cm³/mol. The number of carboxylic acids is 1. The van der Waals surface area contributed by atoms with Gasteiger partial charge in [0, 0.05) is 31.5 Å². The second-order valence-electron chi connectivity index (χ2n) is 10.7. The molecule has 2 aliphatic rings. The number of carboxylic acid groups (broad SMARTS) is 1. The lowest BCUT2D eigenvalue weighted by Gasteiger charge is -2.33. The number of carbonyl (C=O) groups excluding carboxylic acids is 1. The highest BCUT2D eigenvalue weighted by atomic mass is 19.4. The molecule has 2 amide bonds. The minimum Gasteiger partial charge on any atom is -0.475 e. The minimum absolute atomic E-state index is 0.0901. The van der Waals surface area contributed by atoms with E-state index in [0.29, 0.717) is 12.6 Å². The van der Waals surface area contributed by atoms with E-state index in [4.69, 9.17) is 9.90 Å². The summed E-state index contributed by atoms with van der Waals surface area (Å²) >= 11 is 0. The van der Waals surface area contributed by atoms with Crippen LogP contribution in [0, 0.1) is 5.92 Å². The summed E-state index contributed by atoms with van der Waals surface area (Å²) < 4.78 is 31.7. The quantitative estimate of drug-likeness (QED) is 0.397. The number of pyridine rings is 1. The van der Waals surface area contributed by atoms with Crippen molar-refractivity contribution in [3.8, 4) is 0 Å². The zero-order valence-electron chi connectivity index (χ0n) is 23.0. The highest BCUT2D eigenvalue weighted by Gasteiger charge is 2.38. The number of aromatic nitrogens is 1. The minimum atomic E-state index is -5.08. The zero-order chi connectivity index (χ0) is 28.8. The van der Waals surface area contributed by atoms with E-state index in [0.717, 1.165) is 43.8 Å². The summed E-state index contributed by atoms with van der Waals surface area (Å²) in [5.41, 5.74) is 2.56. The fourth-order valence-electron chi connectivity index (χ4n) is 5.32. The molecule has 2 heterocycles. The van der Waals surface area contributed by atoms with Crippen LogP contribution in [0.4, 0.5) is 18.0 Å². The standard InChI is InChI=1S/C28H40N4O.C2HF3O2/c33-28(30-27-12-5-2-6-13-27)32(23-26-11-7-16-29-22-26)18-8-17-31-19-14-25(15-20-31)21-24-9-3-1-4-10-24;3-2(4,5)1(6)7/h1,3-4,7,9-11,16,22,25,27H,2,5-6,8,12-15,17-21,23H2,(H,30,33);(H,6,7). The van der Waals surface area contributed by atoms with Crippen molar-refractivity contribution >= 4 is 12.0 Å². The molecule has 1 aliphatic heterocycles. The largest absolute Gasteiger partial charge is 0.490 e. The number of alkyl halides is 3. The molecule has 220 valence electrons. The average Bonchev–Trinajstić information content (AvgIpc) is 2.95. The molecule has 1 saturated carbocycles. The van der Waals surface area contributed by atoms with Crippen LogP contribution in [0.5, 0.6) is 0 Å². The first kappa shape index (κ1) is 31.4. The Morgan fingerprint density at radius 1 is 0.975 bits per heavy atom. The number of urea groups is 1. The van der Waals surface area contributed by atoms with E-state index in [-0.39, 0.29) is 6.03 Å². The Kier molecular flexibility index (Phi) is 12.7. The summed E-state index contributed by atoms with van der Waals surface area (Å²) in [4.78, 5) is 30.8. The number of carbonyl (C=O) groups is 2. The van der Waals surface area contributed by atoms with Crippen molar-refractivity contribution in [1.29, 1.82) is 0 Å². The summed E-state index contributed by atoms with van der Waals surface area (Å²) in [6.45, 7) is 4.84. The third-order valence-electron chi connectivity index (χ3n) is 7.54. The van der Waals surface area contributed by atoms with E-state index < -0.39 is 12.1 Å². The Morgan fingerprint density at radius 3 is 2.23 bits per heavy atom. The van der Waals surface area contributed by atoms with Gasteiger partial charge < -0.3 is 20.2 Å². The molecule has 7 nitrogen and oxygen atoms in total. The maximum absolute atomic E-state index is 13.1. The van der Waals surface area contributed by atoms with Crippen LogP contribution in [0.1, 0.15) is 62.5 Å². The third-order valence-corrected chi connectivity index (χ3v) is 7.54. The fraction of sp³-hybridized carbons (Fsp3) is 0.567. The van der Waals surface area contributed by atoms with Crippen LogP contribution < -0.4 is 5.32 Å². The molecule has 10 heteroatoms. The lowest BCUT2D eigenvalue weighted by molar-refractivity contribution is -0.192. The zero-order valence-corrected chi connectivity index (χ0v) is 23.0. The van der Waals surface area contributed by atoms with Gasteiger partial charge >= 0.3 is 18.2 Å². The fourth-order valence-corrected chi connectivity index (χ4v) is 5.32. The van der Waals surface area contributed by atoms with Crippen LogP contribution in [0.15, 0.2) is 54.9 Å². The highest BCUT2D eigenvalue weighted by Crippen LogP contribution is 2.22. The molecule has 0 radical (unpaired) electrons. The van der Waals surface area contributed by atoms with Crippen molar-refractivity contribution in [1.82, 2.24) is 20.1 Å². The molecule has 1 saturated heterocycles. The second kappa shape index (κ2) is 16.2. The Labute approximate surface area is 234 Å². The number of aliphatic carboxylic acids is 1. The first-order chi connectivity index (χ1) is 19.2. The maximum Gasteiger partial charge on any atom is 0.490 e. The maximum atomic E-state index is 13.1. The van der Waals surface area contributed by atoms with Crippen molar-refractivity contribution in [2.75, 3.05) is 26.2 Å². The highest BCUT2D eigenvalue weighted by molar-refractivity contribution is 5.74. The summed E-state index contributed by atoms with van der Waals surface area (Å²) in [7, 11) is 0. The summed E-state index contributed by atoms with van der Waals surface area (Å²) in [5, 5.41) is 10.4. The summed E-state index contributed by atoms with van der Waals surface area (Å²) in [6, 6.07) is 15.3. The van der Waals surface area contributed by atoms with E-state index in [1.54, 1.807) is 6.20 Å². The molecule has 0 atom stereocenters. The lowest BCUT2D eigenvalue weighted by atomic mass is 9.90. The first-order valence-electron chi connectivity index (χ1n) is 14.2. The van der Waals surface area contributed by atoms with Gasteiger partial charge in [0.2, 0.25) is 0 Å². The molecule has 1 aromatic heterocycles. The van der Waals surface area contributed by atoms with Gasteiger partial charge in [0.25, 0.3) is 0 Å². The molecule has 2 N–H and O–H groups in total. The number of rotatable bonds is 9. The number of nitrogens with one attached hydrogen (secondary N) is 1. The number of hydrogen-bond donors (Lipinski definition) is 2. The number of amides is 2. The topological polar surface area (TPSA) is 85.8 Å². The Bertz CT molecular complexity index is 1010. The van der Waals surface area contributed by atoms with Crippen molar-refractivity contribution < 1.29 is 27.9 Å². The van der Waals surface area contributed by atoms with Crippen molar-refractivity contribution in [3.05, 3.63) is 66.0 Å². The number of likely N-dealkylation sites (tertiary alicyclic amines) is 1. The van der Waals surface area contributed by atoms with Gasteiger partial charge in [-0.1, -0.05) is 55.7 Å². The first-order valence-corrected chi connectivity index (χ1v) is 14.2. The third kappa shape index (κ3) is 11.5. The Hall–Kier alpha value is -3.14.